The van der Waals surface area contributed by atoms with Gasteiger partial charge in [-0.05, 0) is 36.1 Å². The molecule has 0 aliphatic heterocycles. The van der Waals surface area contributed by atoms with E-state index in [1.54, 1.807) is 6.07 Å². The van der Waals surface area contributed by atoms with Crippen LogP contribution in [-0.2, 0) is 13.0 Å². The van der Waals surface area contributed by atoms with Crippen molar-refractivity contribution >= 4 is 11.8 Å². The number of hydrogen-bond acceptors (Lipinski definition) is 3. The maximum Gasteiger partial charge on any atom is 0.284 e. The van der Waals surface area contributed by atoms with Crippen molar-refractivity contribution in [2.45, 2.75) is 26.8 Å². The predicted molar refractivity (Wildman–Crippen MR) is 83.4 cm³/mol. The van der Waals surface area contributed by atoms with Crippen molar-refractivity contribution in [3.05, 3.63) is 59.0 Å². The molecule has 5 nitrogen and oxygen atoms in total. The number of furan rings is 1. The van der Waals surface area contributed by atoms with Crippen LogP contribution in [0.25, 0.3) is 0 Å². The standard InChI is InChI=1S/C17H20N2O3/c1-11(2)9-12-5-3-4-6-14(12)17(21)19-10-13-7-8-15(22-13)16(18)20/h3-8,11H,9-10H2,1-2H3,(H2,18,20)(H,19,21). The number of nitrogens with one attached hydrogen (secondary N) is 1. The zero-order valence-electron chi connectivity index (χ0n) is 12.8. The minimum absolute atomic E-state index is 0.0875. The third kappa shape index (κ3) is 3.97. The molecule has 0 bridgehead atoms. The highest BCUT2D eigenvalue weighted by atomic mass is 16.4. The normalized spacial score (nSPS) is 10.7. The molecule has 1 aromatic heterocycles. The molecular weight excluding hydrogens is 280 g/mol. The molecule has 0 aliphatic rings. The first kappa shape index (κ1) is 15.8. The summed E-state index contributed by atoms with van der Waals surface area (Å²) in [6.07, 6.45) is 0.843. The summed E-state index contributed by atoms with van der Waals surface area (Å²) in [5, 5.41) is 2.80. The van der Waals surface area contributed by atoms with Crippen LogP contribution in [0.5, 0.6) is 0 Å². The van der Waals surface area contributed by atoms with E-state index in [0.717, 1.165) is 12.0 Å². The van der Waals surface area contributed by atoms with Crippen LogP contribution in [0.2, 0.25) is 0 Å². The molecule has 22 heavy (non-hydrogen) atoms. The van der Waals surface area contributed by atoms with Crippen molar-refractivity contribution in [2.24, 2.45) is 11.7 Å². The van der Waals surface area contributed by atoms with Crippen molar-refractivity contribution in [1.82, 2.24) is 5.32 Å². The van der Waals surface area contributed by atoms with Crippen molar-refractivity contribution < 1.29 is 14.0 Å². The maximum atomic E-state index is 12.3. The number of carbonyl (C=O) groups is 2. The van der Waals surface area contributed by atoms with E-state index in [-0.39, 0.29) is 18.2 Å². The lowest BCUT2D eigenvalue weighted by Crippen LogP contribution is -2.24. The smallest absolute Gasteiger partial charge is 0.284 e. The highest BCUT2D eigenvalue weighted by Crippen LogP contribution is 2.14. The highest BCUT2D eigenvalue weighted by Gasteiger charge is 2.13. The Labute approximate surface area is 129 Å². The fraction of sp³-hybridized carbons (Fsp3) is 0.294. The number of hydrogen-bond donors (Lipinski definition) is 2. The molecule has 0 spiro atoms. The van der Waals surface area contributed by atoms with Gasteiger partial charge in [0, 0.05) is 5.56 Å². The van der Waals surface area contributed by atoms with Crippen molar-refractivity contribution in [3.63, 3.8) is 0 Å². The number of amides is 2. The summed E-state index contributed by atoms with van der Waals surface area (Å²) in [5.74, 6) is 0.262. The van der Waals surface area contributed by atoms with Crippen LogP contribution in [-0.4, -0.2) is 11.8 Å². The first-order chi connectivity index (χ1) is 10.5. The molecule has 1 heterocycles. The molecule has 0 fully saturated rings. The van der Waals surface area contributed by atoms with Gasteiger partial charge in [-0.3, -0.25) is 9.59 Å². The lowest BCUT2D eigenvalue weighted by atomic mass is 9.97. The van der Waals surface area contributed by atoms with Gasteiger partial charge in [0.05, 0.1) is 6.54 Å². The number of rotatable bonds is 6. The van der Waals surface area contributed by atoms with Gasteiger partial charge in [-0.15, -0.1) is 0 Å². The van der Waals surface area contributed by atoms with Gasteiger partial charge in [0.2, 0.25) is 0 Å². The molecule has 2 amide bonds. The van der Waals surface area contributed by atoms with Crippen LogP contribution in [0.15, 0.2) is 40.8 Å². The van der Waals surface area contributed by atoms with E-state index in [0.29, 0.717) is 17.2 Å². The lowest BCUT2D eigenvalue weighted by Gasteiger charge is -2.11. The Morgan fingerprint density at radius 2 is 1.91 bits per heavy atom. The molecule has 2 aromatic rings. The Balaban J connectivity index is 2.04. The second-order valence-electron chi connectivity index (χ2n) is 5.57. The van der Waals surface area contributed by atoms with Gasteiger partial charge in [-0.25, -0.2) is 0 Å². The fourth-order valence-electron chi connectivity index (χ4n) is 2.23. The van der Waals surface area contributed by atoms with Gasteiger partial charge in [0.1, 0.15) is 5.76 Å². The molecule has 3 N–H and O–H groups in total. The Morgan fingerprint density at radius 3 is 2.55 bits per heavy atom. The third-order valence-corrected chi connectivity index (χ3v) is 3.22. The average Bonchev–Trinajstić information content (AvgIpc) is 2.94. The highest BCUT2D eigenvalue weighted by molar-refractivity contribution is 5.95. The Morgan fingerprint density at radius 1 is 1.18 bits per heavy atom. The first-order valence-electron chi connectivity index (χ1n) is 7.22. The molecule has 5 heteroatoms. The summed E-state index contributed by atoms with van der Waals surface area (Å²) in [6, 6.07) is 10.7. The molecule has 1 aromatic carbocycles. The van der Waals surface area contributed by atoms with Crippen LogP contribution in [0.3, 0.4) is 0 Å². The molecule has 0 radical (unpaired) electrons. The number of carbonyl (C=O) groups excluding carboxylic acids is 2. The van der Waals surface area contributed by atoms with Gasteiger partial charge in [-0.2, -0.15) is 0 Å². The van der Waals surface area contributed by atoms with E-state index in [1.807, 2.05) is 24.3 Å². The summed E-state index contributed by atoms with van der Waals surface area (Å²) in [5.41, 5.74) is 6.81. The van der Waals surface area contributed by atoms with E-state index in [1.165, 1.54) is 6.07 Å². The second kappa shape index (κ2) is 6.93. The monoisotopic (exact) mass is 300 g/mol. The van der Waals surface area contributed by atoms with Gasteiger partial charge < -0.3 is 15.5 Å². The minimum Gasteiger partial charge on any atom is -0.454 e. The lowest BCUT2D eigenvalue weighted by molar-refractivity contribution is 0.0946. The van der Waals surface area contributed by atoms with E-state index < -0.39 is 5.91 Å². The molecule has 0 unspecified atom stereocenters. The predicted octanol–water partition coefficient (Wildman–Crippen LogP) is 2.51. The van der Waals surface area contributed by atoms with E-state index in [2.05, 4.69) is 19.2 Å². The molecule has 0 saturated carbocycles. The zero-order valence-corrected chi connectivity index (χ0v) is 12.8. The largest absolute Gasteiger partial charge is 0.454 e. The summed E-state index contributed by atoms with van der Waals surface area (Å²) in [6.45, 7) is 4.44. The molecule has 2 rings (SSSR count). The van der Waals surface area contributed by atoms with Gasteiger partial charge in [0.25, 0.3) is 11.8 Å². The van der Waals surface area contributed by atoms with Crippen LogP contribution in [0.4, 0.5) is 0 Å². The molecule has 0 aliphatic carbocycles. The van der Waals surface area contributed by atoms with Crippen molar-refractivity contribution in [2.75, 3.05) is 0 Å². The molecule has 116 valence electrons. The second-order valence-corrected chi connectivity index (χ2v) is 5.57. The van der Waals surface area contributed by atoms with Gasteiger partial charge in [0.15, 0.2) is 5.76 Å². The Kier molecular flexibility index (Phi) is 4.99. The fourth-order valence-corrected chi connectivity index (χ4v) is 2.23. The summed E-state index contributed by atoms with van der Waals surface area (Å²) >= 11 is 0. The number of nitrogens with two attached hydrogens (primary N) is 1. The van der Waals surface area contributed by atoms with Crippen LogP contribution < -0.4 is 11.1 Å². The van der Waals surface area contributed by atoms with Gasteiger partial charge in [-0.1, -0.05) is 32.0 Å². The molecule has 0 saturated heterocycles. The Bertz CT molecular complexity index is 674. The Hall–Kier alpha value is -2.56. The van der Waals surface area contributed by atoms with E-state index in [9.17, 15) is 9.59 Å². The van der Waals surface area contributed by atoms with Gasteiger partial charge >= 0.3 is 0 Å². The number of benzene rings is 1. The maximum absolute atomic E-state index is 12.3. The molecule has 0 atom stereocenters. The third-order valence-electron chi connectivity index (χ3n) is 3.22. The number of primary amides is 1. The summed E-state index contributed by atoms with van der Waals surface area (Å²) in [7, 11) is 0. The quantitative estimate of drug-likeness (QED) is 0.859. The van der Waals surface area contributed by atoms with Crippen molar-refractivity contribution in [1.29, 1.82) is 0 Å². The van der Waals surface area contributed by atoms with Crippen LogP contribution >= 0.6 is 0 Å². The topological polar surface area (TPSA) is 85.3 Å². The average molecular weight is 300 g/mol. The van der Waals surface area contributed by atoms with Crippen LogP contribution in [0.1, 0.15) is 46.1 Å². The van der Waals surface area contributed by atoms with E-state index in [4.69, 9.17) is 10.2 Å². The summed E-state index contributed by atoms with van der Waals surface area (Å²) < 4.78 is 5.24. The SMILES string of the molecule is CC(C)Cc1ccccc1C(=O)NCc1ccc(C(N)=O)o1. The van der Waals surface area contributed by atoms with Crippen molar-refractivity contribution in [3.8, 4) is 0 Å². The zero-order chi connectivity index (χ0) is 16.1. The minimum atomic E-state index is -0.625. The van der Waals surface area contributed by atoms with E-state index >= 15 is 0 Å². The summed E-state index contributed by atoms with van der Waals surface area (Å²) in [4.78, 5) is 23.3. The van der Waals surface area contributed by atoms with Crippen LogP contribution in [0, 0.1) is 5.92 Å². The first-order valence-corrected chi connectivity index (χ1v) is 7.22. The molecular formula is C17H20N2O3.